The number of hydrogen-bond donors (Lipinski definition) is 1. The largest absolute Gasteiger partial charge is 0.326 e. The van der Waals surface area contributed by atoms with Crippen molar-refractivity contribution in [3.63, 3.8) is 0 Å². The molecule has 34 heavy (non-hydrogen) atoms. The van der Waals surface area contributed by atoms with Crippen LogP contribution in [0.4, 0.5) is 5.69 Å². The van der Waals surface area contributed by atoms with Crippen LogP contribution < -0.4 is 10.2 Å². The first kappa shape index (κ1) is 25.8. The number of hydrogen-bond acceptors (Lipinski definition) is 4. The maximum Gasteiger partial charge on any atom is 0.308 e. The molecule has 4 nitrogen and oxygen atoms in total. The van der Waals surface area contributed by atoms with E-state index < -0.39 is 0 Å². The van der Waals surface area contributed by atoms with Crippen molar-refractivity contribution in [3.05, 3.63) is 93.6 Å². The lowest BCUT2D eigenvalue weighted by Crippen LogP contribution is -2.19. The van der Waals surface area contributed by atoms with Gasteiger partial charge in [-0.05, 0) is 60.6 Å². The minimum absolute atomic E-state index is 0.0250. The molecule has 178 valence electrons. The molecule has 1 amide bonds. The molecule has 0 saturated carbocycles. The third kappa shape index (κ3) is 6.61. The Hall–Kier alpha value is -2.83. The van der Waals surface area contributed by atoms with Crippen molar-refractivity contribution in [1.82, 2.24) is 4.57 Å². The van der Waals surface area contributed by atoms with Crippen LogP contribution in [0.25, 0.3) is 10.2 Å². The van der Waals surface area contributed by atoms with Crippen molar-refractivity contribution >= 4 is 44.9 Å². The number of nitrogens with one attached hydrogen (secondary N) is 1. The minimum Gasteiger partial charge on any atom is -0.326 e. The van der Waals surface area contributed by atoms with Crippen LogP contribution in [-0.2, 0) is 17.6 Å². The van der Waals surface area contributed by atoms with Gasteiger partial charge in [-0.15, -0.1) is 11.8 Å². The Morgan fingerprint density at radius 2 is 1.71 bits per heavy atom. The molecule has 6 heteroatoms. The summed E-state index contributed by atoms with van der Waals surface area (Å²) in [5.41, 5.74) is 3.81. The summed E-state index contributed by atoms with van der Waals surface area (Å²) in [4.78, 5) is 26.5. The molecule has 0 bridgehead atoms. The van der Waals surface area contributed by atoms with Gasteiger partial charge in [0.15, 0.2) is 0 Å². The van der Waals surface area contributed by atoms with Gasteiger partial charge in [0.1, 0.15) is 0 Å². The molecular weight excluding hydrogens is 460 g/mol. The second-order valence-corrected chi connectivity index (χ2v) is 10.1. The molecule has 0 radical (unpaired) electrons. The van der Waals surface area contributed by atoms with Gasteiger partial charge in [0.05, 0.1) is 16.6 Å². The van der Waals surface area contributed by atoms with Gasteiger partial charge in [0, 0.05) is 16.6 Å². The van der Waals surface area contributed by atoms with Gasteiger partial charge < -0.3 is 5.32 Å². The van der Waals surface area contributed by atoms with E-state index in [4.69, 9.17) is 0 Å². The molecule has 1 aromatic heterocycles. The van der Waals surface area contributed by atoms with Crippen molar-refractivity contribution in [1.29, 1.82) is 0 Å². The zero-order chi connectivity index (χ0) is 24.5. The number of anilines is 1. The maximum absolute atomic E-state index is 12.7. The number of carbonyl (C=O) groups excluding carboxylic acids is 1. The van der Waals surface area contributed by atoms with Crippen molar-refractivity contribution < 1.29 is 4.79 Å². The van der Waals surface area contributed by atoms with E-state index in [1.807, 2.05) is 66.9 Å². The number of thiazole rings is 1. The number of carbonyl (C=O) groups is 1. The van der Waals surface area contributed by atoms with E-state index in [9.17, 15) is 9.59 Å². The third-order valence-corrected chi connectivity index (χ3v) is 7.12. The molecule has 0 aliphatic rings. The van der Waals surface area contributed by atoms with Crippen molar-refractivity contribution in [2.45, 2.75) is 51.5 Å². The number of amides is 1. The van der Waals surface area contributed by atoms with Crippen LogP contribution in [0.15, 0.2) is 82.5 Å². The molecule has 0 spiro atoms. The van der Waals surface area contributed by atoms with E-state index in [0.29, 0.717) is 12.1 Å². The molecule has 1 heterocycles. The fraction of sp³-hybridized carbons (Fsp3) is 0.286. The quantitative estimate of drug-likeness (QED) is 0.265. The fourth-order valence-corrected chi connectivity index (χ4v) is 5.52. The molecule has 0 saturated heterocycles. The lowest BCUT2D eigenvalue weighted by molar-refractivity contribution is -0.115. The number of benzene rings is 3. The SMILES string of the molecule is CC.CCSc1ccc(CC(=O)Nc2ccc3c(c2)sc(=O)n3C(C)Cc2ccccc2)cc1. The highest BCUT2D eigenvalue weighted by Gasteiger charge is 2.15. The summed E-state index contributed by atoms with van der Waals surface area (Å²) < 4.78 is 2.74. The van der Waals surface area contributed by atoms with Gasteiger partial charge in [0.25, 0.3) is 0 Å². The van der Waals surface area contributed by atoms with Crippen LogP contribution >= 0.6 is 23.1 Å². The monoisotopic (exact) mass is 492 g/mol. The standard InChI is InChI=1S/C26H26N2O2S2.C2H6/c1-3-31-22-12-9-20(10-13-22)16-25(29)27-21-11-14-23-24(17-21)32-26(30)28(23)18(2)15-19-7-5-4-6-8-19;1-2/h4-14,17-18H,3,15-16H2,1-2H3,(H,27,29);1-2H3. The molecule has 1 N–H and O–H groups in total. The van der Waals surface area contributed by atoms with Crippen LogP contribution in [0.1, 0.15) is 44.9 Å². The van der Waals surface area contributed by atoms with Gasteiger partial charge >= 0.3 is 4.87 Å². The van der Waals surface area contributed by atoms with Gasteiger partial charge in [-0.2, -0.15) is 0 Å². The summed E-state index contributed by atoms with van der Waals surface area (Å²) in [7, 11) is 0. The number of nitrogens with zero attached hydrogens (tertiary/aromatic N) is 1. The first-order valence-electron chi connectivity index (χ1n) is 11.7. The van der Waals surface area contributed by atoms with Crippen LogP contribution in [0.3, 0.4) is 0 Å². The average Bonchev–Trinajstić information content (AvgIpc) is 3.17. The van der Waals surface area contributed by atoms with E-state index in [1.54, 1.807) is 11.8 Å². The zero-order valence-electron chi connectivity index (χ0n) is 20.2. The lowest BCUT2D eigenvalue weighted by Gasteiger charge is -2.14. The first-order valence-corrected chi connectivity index (χ1v) is 13.5. The van der Waals surface area contributed by atoms with Crippen LogP contribution in [-0.4, -0.2) is 16.2 Å². The Bertz CT molecular complexity index is 1260. The number of rotatable bonds is 8. The molecule has 0 aliphatic heterocycles. The van der Waals surface area contributed by atoms with Crippen LogP contribution in [0.2, 0.25) is 0 Å². The smallest absolute Gasteiger partial charge is 0.308 e. The summed E-state index contributed by atoms with van der Waals surface area (Å²) in [6, 6.07) is 24.1. The second kappa shape index (κ2) is 12.6. The van der Waals surface area contributed by atoms with E-state index in [1.165, 1.54) is 21.8 Å². The van der Waals surface area contributed by atoms with Crippen molar-refractivity contribution in [3.8, 4) is 0 Å². The highest BCUT2D eigenvalue weighted by atomic mass is 32.2. The minimum atomic E-state index is -0.0653. The highest BCUT2D eigenvalue weighted by molar-refractivity contribution is 7.99. The van der Waals surface area contributed by atoms with Gasteiger partial charge in [-0.3, -0.25) is 14.2 Å². The predicted molar refractivity (Wildman–Crippen MR) is 147 cm³/mol. The molecule has 4 aromatic rings. The van der Waals surface area contributed by atoms with Gasteiger partial charge in [-0.1, -0.05) is 74.6 Å². The molecule has 0 aliphatic carbocycles. The maximum atomic E-state index is 12.7. The number of fused-ring (bicyclic) bond motifs is 1. The molecule has 4 rings (SSSR count). The summed E-state index contributed by atoms with van der Waals surface area (Å²) in [5, 5.41) is 2.97. The zero-order valence-corrected chi connectivity index (χ0v) is 21.8. The summed E-state index contributed by atoms with van der Waals surface area (Å²) in [5.74, 6) is 0.964. The fourth-order valence-electron chi connectivity index (χ4n) is 3.84. The summed E-state index contributed by atoms with van der Waals surface area (Å²) in [6.45, 7) is 8.19. The molecule has 1 atom stereocenters. The predicted octanol–water partition coefficient (Wildman–Crippen LogP) is 7.19. The van der Waals surface area contributed by atoms with E-state index in [2.05, 4.69) is 43.4 Å². The Morgan fingerprint density at radius 1 is 1.00 bits per heavy atom. The van der Waals surface area contributed by atoms with E-state index in [0.717, 1.165) is 28.0 Å². The summed E-state index contributed by atoms with van der Waals surface area (Å²) >= 11 is 3.01. The van der Waals surface area contributed by atoms with Gasteiger partial charge in [0.2, 0.25) is 5.91 Å². The van der Waals surface area contributed by atoms with E-state index >= 15 is 0 Å². The molecule has 1 unspecified atom stereocenters. The number of thioether (sulfide) groups is 1. The van der Waals surface area contributed by atoms with Crippen molar-refractivity contribution in [2.75, 3.05) is 11.1 Å². The van der Waals surface area contributed by atoms with Gasteiger partial charge in [-0.25, -0.2) is 0 Å². The normalized spacial score (nSPS) is 11.5. The first-order chi connectivity index (χ1) is 16.5. The van der Waals surface area contributed by atoms with Crippen molar-refractivity contribution in [2.24, 2.45) is 0 Å². The Balaban J connectivity index is 0.00000158. The van der Waals surface area contributed by atoms with E-state index in [-0.39, 0.29) is 16.8 Å². The third-order valence-electron chi connectivity index (χ3n) is 5.31. The molecule has 0 fully saturated rings. The second-order valence-electron chi connectivity index (χ2n) is 7.76. The Kier molecular flexibility index (Phi) is 9.54. The molecular formula is C28H32N2O2S2. The Morgan fingerprint density at radius 3 is 2.38 bits per heavy atom. The van der Waals surface area contributed by atoms with Crippen LogP contribution in [0, 0.1) is 0 Å². The Labute approximate surface area is 210 Å². The lowest BCUT2D eigenvalue weighted by atomic mass is 10.1. The average molecular weight is 493 g/mol. The topological polar surface area (TPSA) is 51.1 Å². The molecule has 3 aromatic carbocycles. The summed E-state index contributed by atoms with van der Waals surface area (Å²) in [6.07, 6.45) is 1.11. The van der Waals surface area contributed by atoms with Crippen LogP contribution in [0.5, 0.6) is 0 Å². The highest BCUT2D eigenvalue weighted by Crippen LogP contribution is 2.26. The number of aromatic nitrogens is 1.